The molecule has 2 heterocycles. The third-order valence-electron chi connectivity index (χ3n) is 5.52. The molecular formula is C21H35N3O4. The van der Waals surface area contributed by atoms with Crippen molar-refractivity contribution in [3.63, 3.8) is 0 Å². The second-order valence-corrected chi connectivity index (χ2v) is 7.81. The number of carbonyl (C=O) groups excluding carboxylic acids is 2. The van der Waals surface area contributed by atoms with Gasteiger partial charge >= 0.3 is 0 Å². The van der Waals surface area contributed by atoms with Gasteiger partial charge in [-0.2, -0.15) is 0 Å². The van der Waals surface area contributed by atoms with Crippen LogP contribution in [0.3, 0.4) is 0 Å². The number of hydrogen-bond acceptors (Lipinski definition) is 5. The molecule has 2 fully saturated rings. The molecule has 0 aliphatic carbocycles. The summed E-state index contributed by atoms with van der Waals surface area (Å²) in [7, 11) is 0. The Kier molecular flexibility index (Phi) is 9.15. The van der Waals surface area contributed by atoms with E-state index < -0.39 is 5.60 Å². The van der Waals surface area contributed by atoms with Crippen LogP contribution < -0.4 is 5.32 Å². The summed E-state index contributed by atoms with van der Waals surface area (Å²) in [5.41, 5.74) is -1.05. The number of hydrogen-bond donors (Lipinski definition) is 2. The highest BCUT2D eigenvalue weighted by atomic mass is 16.5. The molecule has 2 saturated heterocycles. The van der Waals surface area contributed by atoms with E-state index in [4.69, 9.17) is 4.74 Å². The predicted molar refractivity (Wildman–Crippen MR) is 109 cm³/mol. The molecule has 2 aliphatic rings. The maximum Gasteiger partial charge on any atom is 0.225 e. The Balaban J connectivity index is 1.78. The molecule has 2 rings (SSSR count). The van der Waals surface area contributed by atoms with Gasteiger partial charge in [-0.15, -0.1) is 13.2 Å². The van der Waals surface area contributed by atoms with Gasteiger partial charge in [-0.3, -0.25) is 14.5 Å². The average Bonchev–Trinajstić information content (AvgIpc) is 2.69. The quantitative estimate of drug-likeness (QED) is 0.511. The number of morpholine rings is 1. The summed E-state index contributed by atoms with van der Waals surface area (Å²) in [6.45, 7) is 13.0. The van der Waals surface area contributed by atoms with Crippen molar-refractivity contribution >= 4 is 11.8 Å². The number of nitrogens with one attached hydrogen (secondary N) is 1. The lowest BCUT2D eigenvalue weighted by molar-refractivity contribution is -0.138. The van der Waals surface area contributed by atoms with E-state index in [1.54, 1.807) is 12.2 Å². The van der Waals surface area contributed by atoms with Crippen LogP contribution in [0.25, 0.3) is 0 Å². The van der Waals surface area contributed by atoms with Gasteiger partial charge in [0.25, 0.3) is 0 Å². The number of aliphatic hydroxyl groups is 1. The Morgan fingerprint density at radius 2 is 1.93 bits per heavy atom. The molecule has 0 spiro atoms. The third kappa shape index (κ3) is 7.04. The molecular weight excluding hydrogens is 358 g/mol. The fraction of sp³-hybridized carbons (Fsp3) is 0.714. The first-order valence-electron chi connectivity index (χ1n) is 10.3. The Bertz CT molecular complexity index is 536. The highest BCUT2D eigenvalue weighted by Crippen LogP contribution is 2.20. The van der Waals surface area contributed by atoms with E-state index in [0.717, 1.165) is 39.3 Å². The summed E-state index contributed by atoms with van der Waals surface area (Å²) < 4.78 is 5.35. The summed E-state index contributed by atoms with van der Waals surface area (Å²) >= 11 is 0. The zero-order valence-electron chi connectivity index (χ0n) is 16.9. The van der Waals surface area contributed by atoms with Crippen LogP contribution in [-0.4, -0.2) is 84.8 Å². The zero-order valence-corrected chi connectivity index (χ0v) is 16.9. The van der Waals surface area contributed by atoms with E-state index in [9.17, 15) is 14.7 Å². The maximum atomic E-state index is 12.6. The highest BCUT2D eigenvalue weighted by molar-refractivity contribution is 5.83. The number of likely N-dealkylation sites (tertiary alicyclic amines) is 1. The molecule has 0 radical (unpaired) electrons. The highest BCUT2D eigenvalue weighted by Gasteiger charge is 2.32. The minimum Gasteiger partial charge on any atom is -0.387 e. The van der Waals surface area contributed by atoms with Crippen LogP contribution in [-0.2, 0) is 14.3 Å². The van der Waals surface area contributed by atoms with Gasteiger partial charge < -0.3 is 20.1 Å². The van der Waals surface area contributed by atoms with Crippen LogP contribution in [0.5, 0.6) is 0 Å². The molecule has 1 atom stereocenters. The topological polar surface area (TPSA) is 82.1 Å². The van der Waals surface area contributed by atoms with E-state index in [-0.39, 0.29) is 24.3 Å². The summed E-state index contributed by atoms with van der Waals surface area (Å²) in [6, 6.07) is 0. The van der Waals surface area contributed by atoms with E-state index in [1.807, 2.05) is 4.90 Å². The summed E-state index contributed by atoms with van der Waals surface area (Å²) in [6.07, 6.45) is 5.92. The first kappa shape index (κ1) is 22.6. The molecule has 0 unspecified atom stereocenters. The molecule has 7 heteroatoms. The molecule has 0 saturated carbocycles. The van der Waals surface area contributed by atoms with Crippen molar-refractivity contribution in [2.24, 2.45) is 5.92 Å². The van der Waals surface area contributed by atoms with Gasteiger partial charge in [-0.25, -0.2) is 0 Å². The number of carbonyl (C=O) groups is 2. The number of nitrogens with zero attached hydrogens (tertiary/aromatic N) is 2. The van der Waals surface area contributed by atoms with Gasteiger partial charge in [0.1, 0.15) is 0 Å². The SMILES string of the molecule is C=CCC(O)(CC=C)CNC(=O)[C@@H]1CCC(=O)N(CCCN2CCOCC2)C1. The Morgan fingerprint density at radius 3 is 2.57 bits per heavy atom. The smallest absolute Gasteiger partial charge is 0.225 e. The van der Waals surface area contributed by atoms with Crippen molar-refractivity contribution in [3.8, 4) is 0 Å². The molecule has 158 valence electrons. The molecule has 2 amide bonds. The summed E-state index contributed by atoms with van der Waals surface area (Å²) in [5.74, 6) is -0.198. The first-order valence-corrected chi connectivity index (χ1v) is 10.3. The monoisotopic (exact) mass is 393 g/mol. The Labute approximate surface area is 168 Å². The van der Waals surface area contributed by atoms with Crippen molar-refractivity contribution in [2.45, 2.75) is 37.7 Å². The van der Waals surface area contributed by atoms with E-state index in [1.165, 1.54) is 0 Å². The molecule has 2 aliphatic heterocycles. The molecule has 0 aromatic carbocycles. The predicted octanol–water partition coefficient (Wildman–Crippen LogP) is 0.947. The van der Waals surface area contributed by atoms with Crippen LogP contribution in [0, 0.1) is 5.92 Å². The molecule has 28 heavy (non-hydrogen) atoms. The van der Waals surface area contributed by atoms with Crippen LogP contribution in [0.15, 0.2) is 25.3 Å². The molecule has 2 N–H and O–H groups in total. The lowest BCUT2D eigenvalue weighted by Gasteiger charge is -2.34. The fourth-order valence-corrected chi connectivity index (χ4v) is 3.82. The van der Waals surface area contributed by atoms with Crippen molar-refractivity contribution in [2.75, 3.05) is 52.5 Å². The zero-order chi connectivity index (χ0) is 20.4. The minimum atomic E-state index is -1.05. The Morgan fingerprint density at radius 1 is 1.25 bits per heavy atom. The van der Waals surface area contributed by atoms with Crippen LogP contribution in [0.1, 0.15) is 32.1 Å². The van der Waals surface area contributed by atoms with Gasteiger partial charge in [0.2, 0.25) is 11.8 Å². The summed E-state index contributed by atoms with van der Waals surface area (Å²) in [5, 5.41) is 13.4. The largest absolute Gasteiger partial charge is 0.387 e. The third-order valence-corrected chi connectivity index (χ3v) is 5.52. The lowest BCUT2D eigenvalue weighted by Crippen LogP contribution is -2.49. The van der Waals surface area contributed by atoms with Crippen LogP contribution >= 0.6 is 0 Å². The second-order valence-electron chi connectivity index (χ2n) is 7.81. The minimum absolute atomic E-state index is 0.0998. The van der Waals surface area contributed by atoms with E-state index >= 15 is 0 Å². The number of amides is 2. The van der Waals surface area contributed by atoms with Crippen molar-refractivity contribution in [3.05, 3.63) is 25.3 Å². The van der Waals surface area contributed by atoms with Gasteiger partial charge in [-0.1, -0.05) is 12.2 Å². The fourth-order valence-electron chi connectivity index (χ4n) is 3.82. The second kappa shape index (κ2) is 11.3. The molecule has 0 aromatic rings. The molecule has 0 bridgehead atoms. The van der Waals surface area contributed by atoms with E-state index in [2.05, 4.69) is 23.4 Å². The molecule has 7 nitrogen and oxygen atoms in total. The number of ether oxygens (including phenoxy) is 1. The van der Waals surface area contributed by atoms with Gasteiger partial charge in [0, 0.05) is 45.7 Å². The summed E-state index contributed by atoms with van der Waals surface area (Å²) in [4.78, 5) is 29.0. The lowest BCUT2D eigenvalue weighted by atomic mass is 9.93. The van der Waals surface area contributed by atoms with Crippen molar-refractivity contribution in [1.29, 1.82) is 0 Å². The van der Waals surface area contributed by atoms with Crippen molar-refractivity contribution in [1.82, 2.24) is 15.1 Å². The molecule has 0 aromatic heterocycles. The van der Waals surface area contributed by atoms with Crippen LogP contribution in [0.2, 0.25) is 0 Å². The maximum absolute atomic E-state index is 12.6. The van der Waals surface area contributed by atoms with E-state index in [0.29, 0.717) is 38.8 Å². The van der Waals surface area contributed by atoms with Gasteiger partial charge in [0.05, 0.1) is 24.7 Å². The van der Waals surface area contributed by atoms with Gasteiger partial charge in [-0.05, 0) is 25.7 Å². The average molecular weight is 394 g/mol. The Hall–Kier alpha value is -1.70. The first-order chi connectivity index (χ1) is 13.5. The normalized spacial score (nSPS) is 21.4. The standard InChI is InChI=1S/C21H35N3O4/c1-3-8-21(27,9-4-2)17-22-20(26)18-6-7-19(25)24(16-18)11-5-10-23-12-14-28-15-13-23/h3-4,18,27H,1-2,5-17H2,(H,22,26)/t18-/m1/s1. The number of piperidine rings is 1. The van der Waals surface area contributed by atoms with Crippen LogP contribution in [0.4, 0.5) is 0 Å². The van der Waals surface area contributed by atoms with Crippen molar-refractivity contribution < 1.29 is 19.4 Å². The number of rotatable bonds is 11. The van der Waals surface area contributed by atoms with Gasteiger partial charge in [0.15, 0.2) is 0 Å².